The van der Waals surface area contributed by atoms with Crippen molar-refractivity contribution in [2.24, 2.45) is 0 Å². The second kappa shape index (κ2) is 15.1. The summed E-state index contributed by atoms with van der Waals surface area (Å²) >= 11 is 0. The van der Waals surface area contributed by atoms with Crippen molar-refractivity contribution in [3.05, 3.63) is 89.6 Å². The van der Waals surface area contributed by atoms with Crippen LogP contribution in [0.5, 0.6) is 0 Å². The fourth-order valence-corrected chi connectivity index (χ4v) is 5.53. The van der Waals surface area contributed by atoms with E-state index >= 15 is 0 Å². The summed E-state index contributed by atoms with van der Waals surface area (Å²) in [4.78, 5) is 72.1. The number of imide groups is 1. The molecule has 238 valence electrons. The first-order chi connectivity index (χ1) is 22.4. The Hall–Kier alpha value is -5.39. The molecule has 0 aliphatic carbocycles. The quantitative estimate of drug-likeness (QED) is 0.0943. The van der Waals surface area contributed by atoms with Gasteiger partial charge in [0.15, 0.2) is 5.58 Å². The molecule has 0 fully saturated rings. The van der Waals surface area contributed by atoms with Gasteiger partial charge >= 0.3 is 0 Å². The van der Waals surface area contributed by atoms with Crippen molar-refractivity contribution >= 4 is 46.7 Å². The van der Waals surface area contributed by atoms with E-state index in [1.807, 2.05) is 24.3 Å². The van der Waals surface area contributed by atoms with Crippen LogP contribution >= 0.6 is 0 Å². The van der Waals surface area contributed by atoms with E-state index in [9.17, 15) is 24.0 Å². The molecule has 3 aromatic heterocycles. The number of aldehydes is 1. The number of furan rings is 1. The maximum absolute atomic E-state index is 13.2. The van der Waals surface area contributed by atoms with Crippen LogP contribution in [-0.2, 0) is 14.4 Å². The molecule has 0 saturated heterocycles. The molecule has 4 heterocycles. The van der Waals surface area contributed by atoms with Crippen LogP contribution < -0.4 is 16.0 Å². The van der Waals surface area contributed by atoms with E-state index in [1.54, 1.807) is 42.9 Å². The largest absolute Gasteiger partial charge is 0.457 e. The van der Waals surface area contributed by atoms with Crippen LogP contribution in [0, 0.1) is 0 Å². The highest BCUT2D eigenvalue weighted by molar-refractivity contribution is 6.24. The van der Waals surface area contributed by atoms with Gasteiger partial charge in [-0.15, -0.1) is 0 Å². The summed E-state index contributed by atoms with van der Waals surface area (Å²) in [6.45, 7) is 0.557. The van der Waals surface area contributed by atoms with Crippen molar-refractivity contribution in [1.29, 1.82) is 0 Å². The molecule has 0 bridgehead atoms. The van der Waals surface area contributed by atoms with Gasteiger partial charge < -0.3 is 25.2 Å². The number of nitrogens with one attached hydrogen (secondary N) is 3. The van der Waals surface area contributed by atoms with Crippen LogP contribution in [0.4, 0.5) is 5.69 Å². The lowest BCUT2D eigenvalue weighted by molar-refractivity contribution is -0.122. The van der Waals surface area contributed by atoms with Crippen LogP contribution in [-0.4, -0.2) is 64.4 Å². The maximum atomic E-state index is 13.2. The molecule has 1 aromatic carbocycles. The third kappa shape index (κ3) is 7.28. The standard InChI is InChI=1S/C34H36N6O6/c1-35-29(42)15-14-23(21-41)40-33(44)24-10-6-11-25(31(24)34(40)45)37-17-5-3-2-4-13-30(43)39-32(22-9-7-16-36-20-22)28-19-26-27(46-28)12-8-18-38-26/h6-12,16,18-21,23,32,37H,2-5,13-15,17H2,1H3,(H,35,42)(H,39,43). The zero-order valence-electron chi connectivity index (χ0n) is 25.5. The first-order valence-electron chi connectivity index (χ1n) is 15.4. The van der Waals surface area contributed by atoms with Crippen LogP contribution in [0.15, 0.2) is 71.5 Å². The Kier molecular flexibility index (Phi) is 10.5. The van der Waals surface area contributed by atoms with E-state index in [-0.39, 0.29) is 35.8 Å². The van der Waals surface area contributed by atoms with E-state index in [4.69, 9.17) is 4.42 Å². The van der Waals surface area contributed by atoms with Crippen LogP contribution in [0.25, 0.3) is 11.1 Å². The third-order valence-electron chi connectivity index (χ3n) is 7.94. The second-order valence-corrected chi connectivity index (χ2v) is 11.0. The van der Waals surface area contributed by atoms with Gasteiger partial charge in [0.2, 0.25) is 11.8 Å². The van der Waals surface area contributed by atoms with Crippen molar-refractivity contribution in [1.82, 2.24) is 25.5 Å². The number of hydrogen-bond donors (Lipinski definition) is 3. The van der Waals surface area contributed by atoms with E-state index in [0.717, 1.165) is 29.7 Å². The first-order valence-corrected chi connectivity index (χ1v) is 15.4. The number of hydrogen-bond acceptors (Lipinski definition) is 9. The van der Waals surface area contributed by atoms with Crippen LogP contribution in [0.3, 0.4) is 0 Å². The fourth-order valence-electron chi connectivity index (χ4n) is 5.53. The van der Waals surface area contributed by atoms with E-state index in [2.05, 4.69) is 25.9 Å². The summed E-state index contributed by atoms with van der Waals surface area (Å²) in [6.07, 6.45) is 9.18. The number of amides is 4. The molecule has 1 aliphatic rings. The number of pyridine rings is 2. The Morgan fingerprint density at radius 1 is 0.957 bits per heavy atom. The number of anilines is 1. The molecule has 12 nitrogen and oxygen atoms in total. The molecule has 4 amide bonds. The second-order valence-electron chi connectivity index (χ2n) is 11.0. The highest BCUT2D eigenvalue weighted by atomic mass is 16.3. The molecule has 0 spiro atoms. The smallest absolute Gasteiger partial charge is 0.264 e. The van der Waals surface area contributed by atoms with Gasteiger partial charge in [-0.2, -0.15) is 0 Å². The number of aromatic nitrogens is 2. The Labute approximate surface area is 266 Å². The van der Waals surface area contributed by atoms with Gasteiger partial charge in [0.25, 0.3) is 11.8 Å². The molecule has 12 heteroatoms. The highest BCUT2D eigenvalue weighted by Gasteiger charge is 2.41. The van der Waals surface area contributed by atoms with Gasteiger partial charge in [0, 0.05) is 62.3 Å². The van der Waals surface area contributed by atoms with Crippen molar-refractivity contribution in [3.8, 4) is 0 Å². The molecule has 3 N–H and O–H groups in total. The Morgan fingerprint density at radius 3 is 2.54 bits per heavy atom. The predicted molar refractivity (Wildman–Crippen MR) is 170 cm³/mol. The lowest BCUT2D eigenvalue weighted by atomic mass is 10.1. The van der Waals surface area contributed by atoms with E-state index in [0.29, 0.717) is 48.2 Å². The lowest BCUT2D eigenvalue weighted by Crippen LogP contribution is -2.41. The summed E-state index contributed by atoms with van der Waals surface area (Å²) in [5.41, 5.74) is 3.16. The highest BCUT2D eigenvalue weighted by Crippen LogP contribution is 2.31. The topological polar surface area (TPSA) is 164 Å². The Bertz CT molecular complexity index is 1690. The zero-order chi connectivity index (χ0) is 32.5. The minimum absolute atomic E-state index is 0.0180. The van der Waals surface area contributed by atoms with Gasteiger partial charge in [0.1, 0.15) is 23.6 Å². The SMILES string of the molecule is CNC(=O)CCC(C=O)N1C(=O)c2cccc(NCCCCCCC(=O)NC(c3cccnc3)c3cc4ncccc4o3)c2C1=O. The van der Waals surface area contributed by atoms with Gasteiger partial charge in [0.05, 0.1) is 17.2 Å². The number of rotatable bonds is 16. The summed E-state index contributed by atoms with van der Waals surface area (Å²) in [7, 11) is 1.48. The predicted octanol–water partition coefficient (Wildman–Crippen LogP) is 4.18. The number of carbonyl (C=O) groups is 5. The van der Waals surface area contributed by atoms with Crippen molar-refractivity contribution in [3.63, 3.8) is 0 Å². The van der Waals surface area contributed by atoms with Crippen molar-refractivity contribution < 1.29 is 28.4 Å². The van der Waals surface area contributed by atoms with E-state index < -0.39 is 23.9 Å². The number of unbranched alkanes of at least 4 members (excludes halogenated alkanes) is 3. The van der Waals surface area contributed by atoms with Gasteiger partial charge in [-0.3, -0.25) is 34.0 Å². The molecule has 2 unspecified atom stereocenters. The average Bonchev–Trinajstić information content (AvgIpc) is 3.62. The Morgan fingerprint density at radius 2 is 1.78 bits per heavy atom. The third-order valence-corrected chi connectivity index (χ3v) is 7.94. The number of carbonyl (C=O) groups excluding carboxylic acids is 5. The number of nitrogens with zero attached hydrogens (tertiary/aromatic N) is 3. The summed E-state index contributed by atoms with van der Waals surface area (Å²) in [6, 6.07) is 12.6. The minimum atomic E-state index is -1.02. The van der Waals surface area contributed by atoms with Gasteiger partial charge in [-0.05, 0) is 49.6 Å². The molecule has 0 saturated carbocycles. The lowest BCUT2D eigenvalue weighted by Gasteiger charge is -2.21. The molecule has 1 aliphatic heterocycles. The molecular formula is C34H36N6O6. The first kappa shape index (κ1) is 32.0. The van der Waals surface area contributed by atoms with E-state index in [1.165, 1.54) is 7.05 Å². The zero-order valence-corrected chi connectivity index (χ0v) is 25.5. The maximum Gasteiger partial charge on any atom is 0.264 e. The fraction of sp³-hybridized carbons (Fsp3) is 0.324. The average molecular weight is 625 g/mol. The molecule has 46 heavy (non-hydrogen) atoms. The van der Waals surface area contributed by atoms with Gasteiger partial charge in [-0.1, -0.05) is 25.0 Å². The Balaban J connectivity index is 1.09. The summed E-state index contributed by atoms with van der Waals surface area (Å²) < 4.78 is 5.99. The number of benzene rings is 1. The summed E-state index contributed by atoms with van der Waals surface area (Å²) in [5, 5.41) is 8.81. The van der Waals surface area contributed by atoms with Crippen LogP contribution in [0.2, 0.25) is 0 Å². The molecule has 4 aromatic rings. The molecule has 5 rings (SSSR count). The van der Waals surface area contributed by atoms with Gasteiger partial charge in [-0.25, -0.2) is 0 Å². The normalized spacial score (nSPS) is 13.7. The van der Waals surface area contributed by atoms with Crippen LogP contribution in [0.1, 0.15) is 83.0 Å². The molecular weight excluding hydrogens is 588 g/mol. The van der Waals surface area contributed by atoms with Crippen molar-refractivity contribution in [2.75, 3.05) is 18.9 Å². The molecule has 2 atom stereocenters. The van der Waals surface area contributed by atoms with Crippen molar-refractivity contribution in [2.45, 2.75) is 57.0 Å². The minimum Gasteiger partial charge on any atom is -0.457 e. The summed E-state index contributed by atoms with van der Waals surface area (Å²) in [5.74, 6) is -0.884. The molecule has 0 radical (unpaired) electrons. The number of fused-ring (bicyclic) bond motifs is 2. The monoisotopic (exact) mass is 624 g/mol.